The highest BCUT2D eigenvalue weighted by molar-refractivity contribution is 7.15. The molecule has 0 radical (unpaired) electrons. The third-order valence-electron chi connectivity index (χ3n) is 2.56. The van der Waals surface area contributed by atoms with Crippen LogP contribution in [0.2, 0.25) is 0 Å². The summed E-state index contributed by atoms with van der Waals surface area (Å²) in [4.78, 5) is 17.1. The molecule has 0 aliphatic carbocycles. The van der Waals surface area contributed by atoms with Gasteiger partial charge in [0.05, 0.1) is 5.92 Å². The van der Waals surface area contributed by atoms with Crippen molar-refractivity contribution >= 4 is 34.8 Å². The summed E-state index contributed by atoms with van der Waals surface area (Å²) in [7, 11) is 0. The Morgan fingerprint density at radius 2 is 2.56 bits per heavy atom. The van der Waals surface area contributed by atoms with Crippen LogP contribution in [0.1, 0.15) is 18.2 Å². The van der Waals surface area contributed by atoms with Gasteiger partial charge in [-0.1, -0.05) is 6.92 Å². The monoisotopic (exact) mass is 261 g/mol. The summed E-state index contributed by atoms with van der Waals surface area (Å²) in [5.74, 6) is 0.205. The number of carbonyl (C=O) groups is 1. The summed E-state index contributed by atoms with van der Waals surface area (Å²) < 4.78 is 0. The Morgan fingerprint density at radius 1 is 1.75 bits per heavy atom. The molecule has 1 aliphatic rings. The van der Waals surface area contributed by atoms with Crippen LogP contribution in [0, 0.1) is 5.92 Å². The summed E-state index contributed by atoms with van der Waals surface area (Å²) in [5, 5.41) is 6.77. The van der Waals surface area contributed by atoms with Crippen LogP contribution < -0.4 is 10.6 Å². The number of carbonyl (C=O) groups excluding carboxylic acids is 1. The van der Waals surface area contributed by atoms with Crippen LogP contribution in [0.25, 0.3) is 0 Å². The second-order valence-corrected chi connectivity index (χ2v) is 4.78. The van der Waals surface area contributed by atoms with Crippen molar-refractivity contribution in [3.8, 4) is 0 Å². The molecule has 1 aromatic heterocycles. The molecule has 0 spiro atoms. The van der Waals surface area contributed by atoms with Gasteiger partial charge in [-0.2, -0.15) is 0 Å². The average molecular weight is 262 g/mol. The van der Waals surface area contributed by atoms with Crippen molar-refractivity contribution in [1.82, 2.24) is 10.3 Å². The zero-order valence-electron chi connectivity index (χ0n) is 9.16. The molecule has 90 valence electrons. The van der Waals surface area contributed by atoms with Crippen molar-refractivity contribution in [2.24, 2.45) is 5.92 Å². The lowest BCUT2D eigenvalue weighted by Crippen LogP contribution is -2.24. The summed E-state index contributed by atoms with van der Waals surface area (Å²) >= 11 is 1.56. The van der Waals surface area contributed by atoms with E-state index in [1.165, 1.54) is 4.88 Å². The van der Waals surface area contributed by atoms with Gasteiger partial charge in [0, 0.05) is 17.6 Å². The molecule has 4 nitrogen and oxygen atoms in total. The van der Waals surface area contributed by atoms with Crippen LogP contribution in [0.15, 0.2) is 6.20 Å². The molecule has 6 heteroatoms. The molecule has 16 heavy (non-hydrogen) atoms. The topological polar surface area (TPSA) is 54.0 Å². The summed E-state index contributed by atoms with van der Waals surface area (Å²) in [6.45, 7) is 3.81. The first-order chi connectivity index (χ1) is 7.29. The Kier molecular flexibility index (Phi) is 5.18. The number of aryl methyl sites for hydroxylation is 1. The van der Waals surface area contributed by atoms with Gasteiger partial charge >= 0.3 is 0 Å². The molecule has 1 amide bonds. The Hall–Kier alpha value is -0.650. The first-order valence-electron chi connectivity index (χ1n) is 5.26. The zero-order chi connectivity index (χ0) is 10.7. The van der Waals surface area contributed by atoms with Crippen LogP contribution in [0.5, 0.6) is 0 Å². The van der Waals surface area contributed by atoms with Gasteiger partial charge in [-0.05, 0) is 19.4 Å². The first kappa shape index (κ1) is 13.4. The molecule has 1 saturated heterocycles. The molecule has 1 aromatic rings. The molecular weight excluding hydrogens is 246 g/mol. The largest absolute Gasteiger partial charge is 0.316 e. The first-order valence-corrected chi connectivity index (χ1v) is 6.07. The Balaban J connectivity index is 0.00000128. The van der Waals surface area contributed by atoms with E-state index in [2.05, 4.69) is 22.5 Å². The fourth-order valence-electron chi connectivity index (χ4n) is 1.61. The number of amides is 1. The quantitative estimate of drug-likeness (QED) is 0.870. The van der Waals surface area contributed by atoms with Gasteiger partial charge in [0.25, 0.3) is 0 Å². The molecule has 2 N–H and O–H groups in total. The van der Waals surface area contributed by atoms with Gasteiger partial charge in [-0.3, -0.25) is 4.79 Å². The number of thiazole rings is 1. The maximum atomic E-state index is 11.7. The molecule has 0 saturated carbocycles. The predicted molar refractivity (Wildman–Crippen MR) is 68.3 cm³/mol. The van der Waals surface area contributed by atoms with Crippen molar-refractivity contribution in [3.05, 3.63) is 11.1 Å². The summed E-state index contributed by atoms with van der Waals surface area (Å²) in [6.07, 6.45) is 3.73. The maximum absolute atomic E-state index is 11.7. The minimum absolute atomic E-state index is 0. The lowest BCUT2D eigenvalue weighted by Gasteiger charge is -2.06. The number of rotatable bonds is 3. The van der Waals surface area contributed by atoms with Crippen LogP contribution in [-0.4, -0.2) is 24.0 Å². The molecule has 0 bridgehead atoms. The predicted octanol–water partition coefficient (Wildman–Crippen LogP) is 1.68. The molecule has 1 fully saturated rings. The normalized spacial score (nSPS) is 19.2. The third kappa shape index (κ3) is 3.17. The Morgan fingerprint density at radius 3 is 3.12 bits per heavy atom. The molecule has 0 aromatic carbocycles. The highest BCUT2D eigenvalue weighted by Gasteiger charge is 2.22. The van der Waals surface area contributed by atoms with Gasteiger partial charge in [-0.25, -0.2) is 4.98 Å². The maximum Gasteiger partial charge on any atom is 0.230 e. The second-order valence-electron chi connectivity index (χ2n) is 3.66. The molecular formula is C10H16ClN3OS. The standard InChI is InChI=1S/C10H15N3OS.ClH/c1-2-8-6-12-10(15-8)13-9(14)7-3-4-11-5-7;/h6-7,11H,2-5H2,1H3,(H,12,13,14);1H/t7-;/m1./s1. The fourth-order valence-corrected chi connectivity index (χ4v) is 2.37. The van der Waals surface area contributed by atoms with E-state index in [4.69, 9.17) is 0 Å². The lowest BCUT2D eigenvalue weighted by molar-refractivity contribution is -0.119. The van der Waals surface area contributed by atoms with Gasteiger partial charge in [0.1, 0.15) is 0 Å². The van der Waals surface area contributed by atoms with E-state index in [-0.39, 0.29) is 24.2 Å². The van der Waals surface area contributed by atoms with Gasteiger partial charge in [-0.15, -0.1) is 23.7 Å². The minimum Gasteiger partial charge on any atom is -0.316 e. The summed E-state index contributed by atoms with van der Waals surface area (Å²) in [6, 6.07) is 0. The van der Waals surface area contributed by atoms with E-state index in [0.29, 0.717) is 0 Å². The van der Waals surface area contributed by atoms with E-state index < -0.39 is 0 Å². The number of nitrogens with one attached hydrogen (secondary N) is 2. The van der Waals surface area contributed by atoms with Crippen molar-refractivity contribution < 1.29 is 4.79 Å². The SMILES string of the molecule is CCc1cnc(NC(=O)[C@@H]2CCNC2)s1.Cl. The van der Waals surface area contributed by atoms with Crippen molar-refractivity contribution in [3.63, 3.8) is 0 Å². The minimum atomic E-state index is 0. The van der Waals surface area contributed by atoms with Gasteiger partial charge in [0.15, 0.2) is 5.13 Å². The van der Waals surface area contributed by atoms with E-state index >= 15 is 0 Å². The number of halogens is 1. The van der Waals surface area contributed by atoms with Crippen LogP contribution >= 0.6 is 23.7 Å². The average Bonchev–Trinajstić information content (AvgIpc) is 2.87. The molecule has 1 aliphatic heterocycles. The van der Waals surface area contributed by atoms with E-state index in [1.807, 2.05) is 6.20 Å². The zero-order valence-corrected chi connectivity index (χ0v) is 10.8. The Labute approximate surface area is 105 Å². The highest BCUT2D eigenvalue weighted by atomic mass is 35.5. The number of nitrogens with zero attached hydrogens (tertiary/aromatic N) is 1. The van der Waals surface area contributed by atoms with Crippen molar-refractivity contribution in [2.45, 2.75) is 19.8 Å². The molecule has 2 rings (SSSR count). The van der Waals surface area contributed by atoms with Gasteiger partial charge < -0.3 is 10.6 Å². The smallest absolute Gasteiger partial charge is 0.230 e. The van der Waals surface area contributed by atoms with Gasteiger partial charge in [0.2, 0.25) is 5.91 Å². The molecule has 0 unspecified atom stereocenters. The van der Waals surface area contributed by atoms with Crippen LogP contribution in [-0.2, 0) is 11.2 Å². The highest BCUT2D eigenvalue weighted by Crippen LogP contribution is 2.19. The van der Waals surface area contributed by atoms with E-state index in [1.54, 1.807) is 11.3 Å². The fraction of sp³-hybridized carbons (Fsp3) is 0.600. The Bertz CT molecular complexity index is 350. The summed E-state index contributed by atoms with van der Waals surface area (Å²) in [5.41, 5.74) is 0. The molecule has 1 atom stereocenters. The van der Waals surface area contributed by atoms with E-state index in [9.17, 15) is 4.79 Å². The number of hydrogen-bond acceptors (Lipinski definition) is 4. The lowest BCUT2D eigenvalue weighted by atomic mass is 10.1. The van der Waals surface area contributed by atoms with Crippen LogP contribution in [0.3, 0.4) is 0 Å². The number of anilines is 1. The number of hydrogen-bond donors (Lipinski definition) is 2. The van der Waals surface area contributed by atoms with E-state index in [0.717, 1.165) is 31.1 Å². The molecule has 2 heterocycles. The number of aromatic nitrogens is 1. The second kappa shape index (κ2) is 6.18. The van der Waals surface area contributed by atoms with Crippen molar-refractivity contribution in [1.29, 1.82) is 0 Å². The van der Waals surface area contributed by atoms with Crippen molar-refractivity contribution in [2.75, 3.05) is 18.4 Å². The third-order valence-corrected chi connectivity index (χ3v) is 3.62. The van der Waals surface area contributed by atoms with Crippen LogP contribution in [0.4, 0.5) is 5.13 Å².